The number of nitrogens with zero attached hydrogens (tertiary/aromatic N) is 1. The first-order valence-corrected chi connectivity index (χ1v) is 7.58. The molecule has 20 heavy (non-hydrogen) atoms. The summed E-state index contributed by atoms with van der Waals surface area (Å²) in [6, 6.07) is 0. The first kappa shape index (κ1) is 16.8. The molecule has 1 aliphatic rings. The number of unbranched alkanes of at least 4 members (excludes halogenated alkanes) is 2. The van der Waals surface area contributed by atoms with Gasteiger partial charge in [0.2, 0.25) is 5.60 Å². The summed E-state index contributed by atoms with van der Waals surface area (Å²) in [5.41, 5.74) is -1.13. The third-order valence-electron chi connectivity index (χ3n) is 4.23. The van der Waals surface area contributed by atoms with Gasteiger partial charge in [-0.1, -0.05) is 25.7 Å². The fraction of sp³-hybridized carbons (Fsp3) is 0.812. The Morgan fingerprint density at radius 1 is 1.40 bits per heavy atom. The van der Waals surface area contributed by atoms with Crippen LogP contribution in [0.5, 0.6) is 0 Å². The molecule has 1 unspecified atom stereocenters. The lowest BCUT2D eigenvalue weighted by molar-refractivity contribution is -0.167. The summed E-state index contributed by atoms with van der Waals surface area (Å²) in [4.78, 5) is 14.1. The largest absolute Gasteiger partial charge is 0.478 e. The van der Waals surface area contributed by atoms with Gasteiger partial charge in [-0.25, -0.2) is 4.79 Å². The lowest BCUT2D eigenvalue weighted by Gasteiger charge is -2.39. The maximum atomic E-state index is 11.9. The van der Waals surface area contributed by atoms with Crippen molar-refractivity contribution in [1.29, 1.82) is 0 Å². The second-order valence-corrected chi connectivity index (χ2v) is 5.68. The van der Waals surface area contributed by atoms with E-state index in [2.05, 4.69) is 30.9 Å². The molecule has 1 N–H and O–H groups in total. The predicted molar refractivity (Wildman–Crippen MR) is 79.3 cm³/mol. The molecule has 4 nitrogen and oxygen atoms in total. The van der Waals surface area contributed by atoms with Crippen molar-refractivity contribution in [2.24, 2.45) is 5.92 Å². The summed E-state index contributed by atoms with van der Waals surface area (Å²) < 4.78 is 5.58. The lowest BCUT2D eigenvalue weighted by Crippen LogP contribution is -2.51. The fourth-order valence-electron chi connectivity index (χ4n) is 2.92. The Labute approximate surface area is 122 Å². The third-order valence-corrected chi connectivity index (χ3v) is 4.23. The summed E-state index contributed by atoms with van der Waals surface area (Å²) in [5, 5.41) is 9.76. The van der Waals surface area contributed by atoms with E-state index in [4.69, 9.17) is 4.74 Å². The number of carboxylic acids is 1. The van der Waals surface area contributed by atoms with E-state index in [9.17, 15) is 9.90 Å². The molecule has 0 aliphatic carbocycles. The molecule has 1 saturated heterocycles. The van der Waals surface area contributed by atoms with Crippen LogP contribution in [0.1, 0.15) is 52.4 Å². The van der Waals surface area contributed by atoms with Crippen LogP contribution >= 0.6 is 0 Å². The molecule has 1 fully saturated rings. The minimum atomic E-state index is -1.13. The minimum Gasteiger partial charge on any atom is -0.478 e. The SMILES string of the molecule is CC#COC(CCCCC)(C(=O)O)C1CCN(C)CC1. The van der Waals surface area contributed by atoms with E-state index in [1.165, 1.54) is 0 Å². The zero-order chi connectivity index (χ0) is 15.0. The molecular weight excluding hydrogens is 254 g/mol. The molecule has 1 heterocycles. The van der Waals surface area contributed by atoms with Crippen LogP contribution in [0, 0.1) is 17.9 Å². The van der Waals surface area contributed by atoms with Gasteiger partial charge in [-0.15, -0.1) is 0 Å². The summed E-state index contributed by atoms with van der Waals surface area (Å²) in [7, 11) is 2.07. The number of aliphatic carboxylic acids is 1. The van der Waals surface area contributed by atoms with E-state index in [1.54, 1.807) is 6.92 Å². The molecule has 0 aromatic rings. The topological polar surface area (TPSA) is 49.8 Å². The molecule has 0 radical (unpaired) electrons. The van der Waals surface area contributed by atoms with E-state index in [0.29, 0.717) is 6.42 Å². The predicted octanol–water partition coefficient (Wildman–Crippen LogP) is 2.73. The second kappa shape index (κ2) is 8.16. The van der Waals surface area contributed by atoms with Gasteiger partial charge in [-0.05, 0) is 45.8 Å². The summed E-state index contributed by atoms with van der Waals surface area (Å²) in [6.45, 7) is 5.64. The third kappa shape index (κ3) is 4.14. The average molecular weight is 281 g/mol. The Hall–Kier alpha value is -1.21. The fourth-order valence-corrected chi connectivity index (χ4v) is 2.92. The molecule has 0 bridgehead atoms. The maximum Gasteiger partial charge on any atom is 0.349 e. The Morgan fingerprint density at radius 3 is 2.55 bits per heavy atom. The molecular formula is C16H27NO3. The second-order valence-electron chi connectivity index (χ2n) is 5.68. The van der Waals surface area contributed by atoms with Crippen molar-refractivity contribution in [3.63, 3.8) is 0 Å². The normalized spacial score (nSPS) is 19.8. The van der Waals surface area contributed by atoms with Gasteiger partial charge in [0, 0.05) is 12.8 Å². The monoisotopic (exact) mass is 281 g/mol. The van der Waals surface area contributed by atoms with E-state index in [1.807, 2.05) is 0 Å². The summed E-state index contributed by atoms with van der Waals surface area (Å²) in [5.74, 6) is 1.86. The van der Waals surface area contributed by atoms with Crippen molar-refractivity contribution < 1.29 is 14.6 Å². The Morgan fingerprint density at radius 2 is 2.05 bits per heavy atom. The van der Waals surface area contributed by atoms with Crippen LogP contribution in [-0.2, 0) is 9.53 Å². The van der Waals surface area contributed by atoms with Crippen molar-refractivity contribution in [3.05, 3.63) is 0 Å². The van der Waals surface area contributed by atoms with Gasteiger partial charge in [0.25, 0.3) is 0 Å². The molecule has 0 saturated carbocycles. The first-order valence-electron chi connectivity index (χ1n) is 7.58. The summed E-state index contributed by atoms with van der Waals surface area (Å²) >= 11 is 0. The van der Waals surface area contributed by atoms with Crippen LogP contribution in [-0.4, -0.2) is 41.7 Å². The van der Waals surface area contributed by atoms with Gasteiger partial charge in [0.15, 0.2) is 0 Å². The molecule has 1 atom stereocenters. The van der Waals surface area contributed by atoms with Crippen LogP contribution < -0.4 is 0 Å². The van der Waals surface area contributed by atoms with Crippen LogP contribution in [0.3, 0.4) is 0 Å². The van der Waals surface area contributed by atoms with Gasteiger partial charge in [-0.2, -0.15) is 0 Å². The molecule has 0 spiro atoms. The van der Waals surface area contributed by atoms with E-state index < -0.39 is 11.6 Å². The molecule has 0 amide bonds. The number of ether oxygens (including phenoxy) is 1. The standard InChI is InChI=1S/C16H27NO3/c1-4-6-7-10-16(15(18)19,20-13-5-2)14-8-11-17(3)12-9-14/h14H,4,6-12H2,1-3H3,(H,18,19). The number of carbonyl (C=O) groups is 1. The number of rotatable bonds is 7. The molecule has 1 aliphatic heterocycles. The number of carboxylic acid groups (broad SMARTS) is 1. The van der Waals surface area contributed by atoms with Crippen molar-refractivity contribution in [1.82, 2.24) is 4.90 Å². The summed E-state index contributed by atoms with van der Waals surface area (Å²) in [6.07, 6.45) is 7.82. The van der Waals surface area contributed by atoms with Crippen molar-refractivity contribution in [2.75, 3.05) is 20.1 Å². The molecule has 114 valence electrons. The number of piperidine rings is 1. The number of hydrogen-bond acceptors (Lipinski definition) is 3. The van der Waals surface area contributed by atoms with E-state index in [0.717, 1.165) is 45.2 Å². The zero-order valence-corrected chi connectivity index (χ0v) is 12.9. The average Bonchev–Trinajstić information content (AvgIpc) is 2.43. The van der Waals surface area contributed by atoms with E-state index >= 15 is 0 Å². The first-order chi connectivity index (χ1) is 9.56. The van der Waals surface area contributed by atoms with Crippen LogP contribution in [0.15, 0.2) is 0 Å². The van der Waals surface area contributed by atoms with Crippen molar-refractivity contribution >= 4 is 5.97 Å². The highest BCUT2D eigenvalue weighted by atomic mass is 16.5. The highest BCUT2D eigenvalue weighted by Gasteiger charge is 2.48. The van der Waals surface area contributed by atoms with Crippen molar-refractivity contribution in [3.8, 4) is 12.0 Å². The Bertz CT molecular complexity index is 364. The van der Waals surface area contributed by atoms with Crippen LogP contribution in [0.25, 0.3) is 0 Å². The molecule has 4 heteroatoms. The number of likely N-dealkylation sites (tertiary alicyclic amines) is 1. The smallest absolute Gasteiger partial charge is 0.349 e. The zero-order valence-electron chi connectivity index (χ0n) is 12.9. The molecule has 1 rings (SSSR count). The molecule has 0 aromatic carbocycles. The lowest BCUT2D eigenvalue weighted by atomic mass is 9.77. The highest BCUT2D eigenvalue weighted by molar-refractivity contribution is 5.78. The Balaban J connectivity index is 2.88. The quantitative estimate of drug-likeness (QED) is 0.576. The van der Waals surface area contributed by atoms with E-state index in [-0.39, 0.29) is 5.92 Å². The van der Waals surface area contributed by atoms with Gasteiger partial charge in [-0.3, -0.25) is 0 Å². The maximum absolute atomic E-state index is 11.9. The van der Waals surface area contributed by atoms with Crippen LogP contribution in [0.4, 0.5) is 0 Å². The van der Waals surface area contributed by atoms with Gasteiger partial charge < -0.3 is 14.7 Å². The van der Waals surface area contributed by atoms with Gasteiger partial charge >= 0.3 is 5.97 Å². The van der Waals surface area contributed by atoms with Gasteiger partial charge in [0.05, 0.1) is 0 Å². The van der Waals surface area contributed by atoms with Crippen LogP contribution in [0.2, 0.25) is 0 Å². The number of hydrogen-bond donors (Lipinski definition) is 1. The van der Waals surface area contributed by atoms with Crippen molar-refractivity contribution in [2.45, 2.75) is 58.0 Å². The Kier molecular flexibility index (Phi) is 6.87. The molecule has 0 aromatic heterocycles. The van der Waals surface area contributed by atoms with Gasteiger partial charge in [0.1, 0.15) is 6.11 Å². The highest BCUT2D eigenvalue weighted by Crippen LogP contribution is 2.35. The minimum absolute atomic E-state index is 0.0499.